The number of pyridine rings is 1. The Balaban J connectivity index is 2.08. The molecule has 4 aromatic rings. The second-order valence-corrected chi connectivity index (χ2v) is 7.17. The lowest BCUT2D eigenvalue weighted by Gasteiger charge is -2.19. The number of fused-ring (bicyclic) bond motifs is 3. The molecule has 0 bridgehead atoms. The fraction of sp³-hybridized carbons (Fsp3) is 0.174. The van der Waals surface area contributed by atoms with Gasteiger partial charge in [0.2, 0.25) is 0 Å². The molecule has 0 atom stereocenters. The van der Waals surface area contributed by atoms with E-state index in [2.05, 4.69) is 5.10 Å². The van der Waals surface area contributed by atoms with E-state index >= 15 is 0 Å². The van der Waals surface area contributed by atoms with Crippen molar-refractivity contribution in [1.29, 1.82) is 0 Å². The fourth-order valence-electron chi connectivity index (χ4n) is 3.58. The van der Waals surface area contributed by atoms with Crippen molar-refractivity contribution in [3.8, 4) is 11.1 Å². The molecule has 0 radical (unpaired) electrons. The summed E-state index contributed by atoms with van der Waals surface area (Å²) in [5.74, 6) is -0.207. The normalized spacial score (nSPS) is 11.1. The minimum absolute atomic E-state index is 0.207. The number of hydrogen-bond donors (Lipinski definition) is 0. The van der Waals surface area contributed by atoms with Gasteiger partial charge in [0.1, 0.15) is 0 Å². The number of aromatic nitrogens is 2. The summed E-state index contributed by atoms with van der Waals surface area (Å²) in [5, 5.41) is 6.44. The Morgan fingerprint density at radius 1 is 1.00 bits per heavy atom. The van der Waals surface area contributed by atoms with Crippen LogP contribution in [0.1, 0.15) is 24.3 Å². The van der Waals surface area contributed by atoms with Crippen molar-refractivity contribution in [2.75, 3.05) is 13.1 Å². The maximum absolute atomic E-state index is 13.3. The lowest BCUT2D eigenvalue weighted by Crippen LogP contribution is -2.32. The first-order valence-electron chi connectivity index (χ1n) is 9.55. The van der Waals surface area contributed by atoms with Gasteiger partial charge >= 0.3 is 0 Å². The van der Waals surface area contributed by atoms with E-state index in [1.54, 1.807) is 29.2 Å². The molecule has 146 valence electrons. The van der Waals surface area contributed by atoms with E-state index in [4.69, 9.17) is 11.6 Å². The van der Waals surface area contributed by atoms with Gasteiger partial charge in [-0.05, 0) is 43.7 Å². The van der Waals surface area contributed by atoms with Crippen molar-refractivity contribution in [2.45, 2.75) is 13.8 Å². The average molecular weight is 406 g/mol. The molecule has 0 fully saturated rings. The molecule has 0 saturated heterocycles. The lowest BCUT2D eigenvalue weighted by molar-refractivity contribution is 0.0768. The molecule has 1 amide bonds. The van der Waals surface area contributed by atoms with Crippen LogP contribution in [0.5, 0.6) is 0 Å². The molecule has 0 aliphatic carbocycles. The number of carbonyl (C=O) groups excluding carboxylic acids is 1. The van der Waals surface area contributed by atoms with E-state index in [1.165, 1.54) is 4.52 Å². The number of rotatable bonds is 4. The molecule has 2 aromatic heterocycles. The third kappa shape index (κ3) is 3.28. The van der Waals surface area contributed by atoms with Gasteiger partial charge in [-0.2, -0.15) is 9.61 Å². The topological polar surface area (TPSA) is 54.7 Å². The van der Waals surface area contributed by atoms with E-state index in [0.717, 1.165) is 10.9 Å². The molecule has 5 nitrogen and oxygen atoms in total. The van der Waals surface area contributed by atoms with E-state index in [9.17, 15) is 9.59 Å². The van der Waals surface area contributed by atoms with E-state index < -0.39 is 0 Å². The first-order chi connectivity index (χ1) is 14.0. The highest BCUT2D eigenvalue weighted by Crippen LogP contribution is 2.27. The van der Waals surface area contributed by atoms with Gasteiger partial charge < -0.3 is 4.90 Å². The van der Waals surface area contributed by atoms with Crippen LogP contribution in [0.2, 0.25) is 5.02 Å². The smallest absolute Gasteiger partial charge is 0.279 e. The van der Waals surface area contributed by atoms with Crippen molar-refractivity contribution in [1.82, 2.24) is 14.5 Å². The van der Waals surface area contributed by atoms with Crippen LogP contribution in [-0.2, 0) is 0 Å². The lowest BCUT2D eigenvalue weighted by atomic mass is 10.0. The fourth-order valence-corrected chi connectivity index (χ4v) is 3.75. The predicted molar refractivity (Wildman–Crippen MR) is 117 cm³/mol. The Labute approximate surface area is 173 Å². The number of amides is 1. The molecular formula is C23H20ClN3O2. The highest BCUT2D eigenvalue weighted by Gasteiger charge is 2.21. The van der Waals surface area contributed by atoms with Gasteiger partial charge in [-0.3, -0.25) is 9.59 Å². The van der Waals surface area contributed by atoms with Gasteiger partial charge in [-0.25, -0.2) is 0 Å². The molecule has 0 unspecified atom stereocenters. The van der Waals surface area contributed by atoms with Crippen LogP contribution in [-0.4, -0.2) is 33.5 Å². The molecule has 29 heavy (non-hydrogen) atoms. The van der Waals surface area contributed by atoms with Crippen LogP contribution in [0.15, 0.2) is 65.5 Å². The van der Waals surface area contributed by atoms with Crippen molar-refractivity contribution < 1.29 is 4.79 Å². The Morgan fingerprint density at radius 3 is 2.41 bits per heavy atom. The Hall–Kier alpha value is -3.18. The minimum Gasteiger partial charge on any atom is -0.338 e. The molecule has 0 aliphatic rings. The molecule has 2 aromatic carbocycles. The van der Waals surface area contributed by atoms with Gasteiger partial charge in [-0.1, -0.05) is 48.0 Å². The summed E-state index contributed by atoms with van der Waals surface area (Å²) in [5.41, 5.74) is 1.92. The first-order valence-corrected chi connectivity index (χ1v) is 9.93. The van der Waals surface area contributed by atoms with Crippen molar-refractivity contribution in [3.63, 3.8) is 0 Å². The Morgan fingerprint density at radius 2 is 1.72 bits per heavy atom. The van der Waals surface area contributed by atoms with Crippen LogP contribution in [0.3, 0.4) is 0 Å². The van der Waals surface area contributed by atoms with E-state index in [1.807, 2.05) is 50.2 Å². The monoisotopic (exact) mass is 405 g/mol. The van der Waals surface area contributed by atoms with Gasteiger partial charge in [0.05, 0.1) is 5.52 Å². The average Bonchev–Trinajstić information content (AvgIpc) is 2.75. The maximum atomic E-state index is 13.3. The van der Waals surface area contributed by atoms with Crippen molar-refractivity contribution >= 4 is 33.8 Å². The van der Waals surface area contributed by atoms with Crippen molar-refractivity contribution in [2.24, 2.45) is 0 Å². The maximum Gasteiger partial charge on any atom is 0.279 e. The van der Waals surface area contributed by atoms with E-state index in [0.29, 0.717) is 34.6 Å². The standard InChI is InChI=1S/C23H20ClN3O2/c1-3-26(4-2)23(29)21-18-11-10-16(24)14-19(18)20-13-12-17(22(28)27(20)25-21)15-8-6-5-7-9-15/h5-14H,3-4H2,1-2H3. The number of nitrogens with zero attached hydrogens (tertiary/aromatic N) is 3. The van der Waals surface area contributed by atoms with Gasteiger partial charge in [-0.15, -0.1) is 0 Å². The number of carbonyl (C=O) groups is 1. The summed E-state index contributed by atoms with van der Waals surface area (Å²) in [4.78, 5) is 28.1. The highest BCUT2D eigenvalue weighted by atomic mass is 35.5. The summed E-state index contributed by atoms with van der Waals surface area (Å²) in [6.45, 7) is 4.95. The summed E-state index contributed by atoms with van der Waals surface area (Å²) >= 11 is 6.23. The SMILES string of the molecule is CCN(CC)C(=O)c1nn2c(=O)c(-c3ccccc3)ccc2c2cc(Cl)ccc12. The Kier molecular flexibility index (Phi) is 5.07. The second kappa shape index (κ2) is 7.68. The van der Waals surface area contributed by atoms with Crippen LogP contribution in [0, 0.1) is 0 Å². The van der Waals surface area contributed by atoms with Crippen LogP contribution < -0.4 is 5.56 Å². The molecule has 2 heterocycles. The summed E-state index contributed by atoms with van der Waals surface area (Å²) in [7, 11) is 0. The minimum atomic E-state index is -0.274. The van der Waals surface area contributed by atoms with Crippen molar-refractivity contribution in [3.05, 3.63) is 81.7 Å². The molecule has 0 aliphatic heterocycles. The van der Waals surface area contributed by atoms with Crippen LogP contribution >= 0.6 is 11.6 Å². The number of benzene rings is 2. The third-order valence-corrected chi connectivity index (χ3v) is 5.34. The summed E-state index contributed by atoms with van der Waals surface area (Å²) in [6, 6.07) is 18.4. The largest absolute Gasteiger partial charge is 0.338 e. The molecule has 0 saturated carbocycles. The zero-order valence-electron chi connectivity index (χ0n) is 16.2. The summed E-state index contributed by atoms with van der Waals surface area (Å²) in [6.07, 6.45) is 0. The van der Waals surface area contributed by atoms with E-state index in [-0.39, 0.29) is 17.2 Å². The zero-order chi connectivity index (χ0) is 20.5. The van der Waals surface area contributed by atoms with Gasteiger partial charge in [0, 0.05) is 34.4 Å². The molecule has 0 N–H and O–H groups in total. The molecule has 6 heteroatoms. The molecule has 0 spiro atoms. The van der Waals surface area contributed by atoms with Gasteiger partial charge in [0.25, 0.3) is 11.5 Å². The summed E-state index contributed by atoms with van der Waals surface area (Å²) < 4.78 is 1.32. The van der Waals surface area contributed by atoms with Crippen LogP contribution in [0.25, 0.3) is 27.4 Å². The molecular weight excluding hydrogens is 386 g/mol. The molecule has 4 rings (SSSR count). The predicted octanol–water partition coefficient (Wildman–Crippen LogP) is 4.65. The number of halogens is 1. The first kappa shape index (κ1) is 19.2. The van der Waals surface area contributed by atoms with Gasteiger partial charge in [0.15, 0.2) is 5.69 Å². The highest BCUT2D eigenvalue weighted by molar-refractivity contribution is 6.31. The third-order valence-electron chi connectivity index (χ3n) is 5.11. The quantitative estimate of drug-likeness (QED) is 0.464. The zero-order valence-corrected chi connectivity index (χ0v) is 17.0. The Bertz CT molecular complexity index is 1280. The van der Waals surface area contributed by atoms with Crippen LogP contribution in [0.4, 0.5) is 0 Å². The number of hydrogen-bond acceptors (Lipinski definition) is 3. The second-order valence-electron chi connectivity index (χ2n) is 6.73.